The molecule has 1 aliphatic heterocycles. The van der Waals surface area contributed by atoms with Gasteiger partial charge in [0.15, 0.2) is 11.0 Å². The summed E-state index contributed by atoms with van der Waals surface area (Å²) in [6.07, 6.45) is 6.65. The van der Waals surface area contributed by atoms with E-state index in [-0.39, 0.29) is 11.9 Å². The van der Waals surface area contributed by atoms with Crippen molar-refractivity contribution in [1.82, 2.24) is 24.6 Å². The molecule has 0 aliphatic carbocycles. The third-order valence-electron chi connectivity index (χ3n) is 5.60. The Morgan fingerprint density at radius 3 is 2.44 bits per heavy atom. The second-order valence-corrected chi connectivity index (χ2v) is 8.89. The normalized spacial score (nSPS) is 21.7. The molecule has 1 aromatic rings. The Morgan fingerprint density at radius 2 is 1.89 bits per heavy atom. The molecule has 7 heteroatoms. The summed E-state index contributed by atoms with van der Waals surface area (Å²) in [6.45, 7) is 9.63. The molecule has 1 saturated heterocycles. The molecule has 6 nitrogen and oxygen atoms in total. The molecule has 1 fully saturated rings. The number of unbranched alkanes of at least 4 members (excludes halogenated alkanes) is 1. The predicted octanol–water partition coefficient (Wildman–Crippen LogP) is 3.97. The highest BCUT2D eigenvalue weighted by Crippen LogP contribution is 2.28. The molecule has 0 bridgehead atoms. The Bertz CT molecular complexity index is 593. The topological polar surface area (TPSA) is 54.3 Å². The molecule has 2 rings (SSSR count). The molecule has 3 unspecified atom stereocenters. The molecular weight excluding hydrogens is 358 g/mol. The monoisotopic (exact) mass is 395 g/mol. The Balaban J connectivity index is 2.13. The minimum absolute atomic E-state index is 0.228. The number of hydrogen-bond donors (Lipinski definition) is 0. The average Bonchev–Trinajstić information content (AvgIpc) is 3.01. The SMILES string of the molecule is CCCCn1c(SCC(=O)N2C(C)CCCC2C)nnc1C(CC)N(C)C. The number of likely N-dealkylation sites (tertiary alicyclic amines) is 1. The lowest BCUT2D eigenvalue weighted by Gasteiger charge is -2.39. The first-order valence-electron chi connectivity index (χ1n) is 10.4. The van der Waals surface area contributed by atoms with E-state index in [9.17, 15) is 4.79 Å². The van der Waals surface area contributed by atoms with Crippen LogP contribution in [0.2, 0.25) is 0 Å². The number of hydrogen-bond acceptors (Lipinski definition) is 5. The van der Waals surface area contributed by atoms with Crippen LogP contribution < -0.4 is 0 Å². The standard InChI is InChI=1S/C20H37N5OS/c1-7-9-13-24-19(17(8-2)23(5)6)21-22-20(24)27-14-18(26)25-15(3)11-10-12-16(25)4/h15-17H,7-14H2,1-6H3. The van der Waals surface area contributed by atoms with Crippen LogP contribution in [0, 0.1) is 0 Å². The van der Waals surface area contributed by atoms with E-state index in [1.807, 2.05) is 0 Å². The molecule has 0 N–H and O–H groups in total. The third-order valence-corrected chi connectivity index (χ3v) is 6.55. The van der Waals surface area contributed by atoms with Crippen molar-refractivity contribution in [1.29, 1.82) is 0 Å². The molecule has 0 saturated carbocycles. The van der Waals surface area contributed by atoms with Gasteiger partial charge in [-0.15, -0.1) is 10.2 Å². The van der Waals surface area contributed by atoms with Crippen LogP contribution in [0.4, 0.5) is 0 Å². The van der Waals surface area contributed by atoms with Crippen molar-refractivity contribution in [2.75, 3.05) is 19.8 Å². The number of carbonyl (C=O) groups is 1. The maximum absolute atomic E-state index is 12.9. The summed E-state index contributed by atoms with van der Waals surface area (Å²) in [6, 6.07) is 0.934. The molecule has 0 spiro atoms. The summed E-state index contributed by atoms with van der Waals surface area (Å²) < 4.78 is 2.23. The summed E-state index contributed by atoms with van der Waals surface area (Å²) in [5, 5.41) is 9.84. The van der Waals surface area contributed by atoms with Gasteiger partial charge in [0, 0.05) is 18.6 Å². The van der Waals surface area contributed by atoms with Crippen LogP contribution in [-0.2, 0) is 11.3 Å². The van der Waals surface area contributed by atoms with Gasteiger partial charge < -0.3 is 9.47 Å². The van der Waals surface area contributed by atoms with E-state index < -0.39 is 0 Å². The molecule has 2 heterocycles. The van der Waals surface area contributed by atoms with E-state index in [0.717, 1.165) is 49.6 Å². The van der Waals surface area contributed by atoms with Crippen LogP contribution in [0.25, 0.3) is 0 Å². The third kappa shape index (κ3) is 5.47. The molecule has 1 aromatic heterocycles. The van der Waals surface area contributed by atoms with Gasteiger partial charge in [-0.1, -0.05) is 32.0 Å². The number of piperidine rings is 1. The van der Waals surface area contributed by atoms with Gasteiger partial charge in [0.25, 0.3) is 0 Å². The molecule has 27 heavy (non-hydrogen) atoms. The lowest BCUT2D eigenvalue weighted by atomic mass is 9.98. The zero-order chi connectivity index (χ0) is 20.0. The Morgan fingerprint density at radius 1 is 1.22 bits per heavy atom. The van der Waals surface area contributed by atoms with Crippen molar-refractivity contribution >= 4 is 17.7 Å². The highest BCUT2D eigenvalue weighted by atomic mass is 32.2. The van der Waals surface area contributed by atoms with Gasteiger partial charge in [-0.25, -0.2) is 0 Å². The number of aromatic nitrogens is 3. The van der Waals surface area contributed by atoms with Gasteiger partial charge in [-0.05, 0) is 60.0 Å². The van der Waals surface area contributed by atoms with E-state index >= 15 is 0 Å². The van der Waals surface area contributed by atoms with Gasteiger partial charge in [0.05, 0.1) is 11.8 Å². The van der Waals surface area contributed by atoms with Crippen LogP contribution in [-0.4, -0.2) is 62.4 Å². The van der Waals surface area contributed by atoms with E-state index in [4.69, 9.17) is 0 Å². The molecule has 154 valence electrons. The van der Waals surface area contributed by atoms with E-state index in [1.54, 1.807) is 11.8 Å². The van der Waals surface area contributed by atoms with Gasteiger partial charge in [0.1, 0.15) is 0 Å². The highest BCUT2D eigenvalue weighted by molar-refractivity contribution is 7.99. The number of carbonyl (C=O) groups excluding carboxylic acids is 1. The summed E-state index contributed by atoms with van der Waals surface area (Å²) in [5.74, 6) is 1.69. The van der Waals surface area contributed by atoms with Crippen LogP contribution >= 0.6 is 11.8 Å². The van der Waals surface area contributed by atoms with Gasteiger partial charge in [-0.3, -0.25) is 9.69 Å². The van der Waals surface area contributed by atoms with Crippen LogP contribution in [0.3, 0.4) is 0 Å². The number of thioether (sulfide) groups is 1. The first kappa shape index (κ1) is 22.2. The summed E-state index contributed by atoms with van der Waals surface area (Å²) >= 11 is 1.54. The van der Waals surface area contributed by atoms with Gasteiger partial charge >= 0.3 is 0 Å². The van der Waals surface area contributed by atoms with E-state index in [0.29, 0.717) is 17.8 Å². The van der Waals surface area contributed by atoms with Gasteiger partial charge in [0.2, 0.25) is 5.91 Å². The summed E-state index contributed by atoms with van der Waals surface area (Å²) in [5.41, 5.74) is 0. The van der Waals surface area contributed by atoms with E-state index in [1.165, 1.54) is 6.42 Å². The second-order valence-electron chi connectivity index (χ2n) is 7.95. The number of amides is 1. The largest absolute Gasteiger partial charge is 0.337 e. The zero-order valence-corrected chi connectivity index (χ0v) is 18.8. The van der Waals surface area contributed by atoms with Crippen LogP contribution in [0.15, 0.2) is 5.16 Å². The fourth-order valence-electron chi connectivity index (χ4n) is 4.07. The summed E-state index contributed by atoms with van der Waals surface area (Å²) in [4.78, 5) is 17.1. The van der Waals surface area contributed by atoms with Crippen LogP contribution in [0.1, 0.15) is 78.1 Å². The van der Waals surface area contributed by atoms with Crippen molar-refractivity contribution in [2.24, 2.45) is 0 Å². The minimum Gasteiger partial charge on any atom is -0.337 e. The molecular formula is C20H37N5OS. The fourth-order valence-corrected chi connectivity index (χ4v) is 4.91. The molecule has 1 amide bonds. The molecule has 0 radical (unpaired) electrons. The average molecular weight is 396 g/mol. The fraction of sp³-hybridized carbons (Fsp3) is 0.850. The zero-order valence-electron chi connectivity index (χ0n) is 17.9. The first-order valence-corrected chi connectivity index (χ1v) is 11.4. The molecule has 3 atom stereocenters. The highest BCUT2D eigenvalue weighted by Gasteiger charge is 2.29. The smallest absolute Gasteiger partial charge is 0.233 e. The van der Waals surface area contributed by atoms with Crippen molar-refractivity contribution in [2.45, 2.75) is 96.0 Å². The predicted molar refractivity (Wildman–Crippen MR) is 112 cm³/mol. The Kier molecular flexibility index (Phi) is 8.61. The lowest BCUT2D eigenvalue weighted by molar-refractivity contribution is -0.134. The van der Waals surface area contributed by atoms with Crippen molar-refractivity contribution in [3.8, 4) is 0 Å². The Labute approximate surface area is 169 Å². The summed E-state index contributed by atoms with van der Waals surface area (Å²) in [7, 11) is 4.17. The van der Waals surface area contributed by atoms with Crippen molar-refractivity contribution in [3.05, 3.63) is 5.82 Å². The van der Waals surface area contributed by atoms with E-state index in [2.05, 4.69) is 66.4 Å². The van der Waals surface area contributed by atoms with Crippen molar-refractivity contribution in [3.63, 3.8) is 0 Å². The van der Waals surface area contributed by atoms with Crippen LogP contribution in [0.5, 0.6) is 0 Å². The Hall–Kier alpha value is -1.08. The maximum atomic E-state index is 12.9. The maximum Gasteiger partial charge on any atom is 0.233 e. The van der Waals surface area contributed by atoms with Crippen molar-refractivity contribution < 1.29 is 4.79 Å². The first-order chi connectivity index (χ1) is 12.9. The lowest BCUT2D eigenvalue weighted by Crippen LogP contribution is -2.48. The minimum atomic E-state index is 0.228. The quantitative estimate of drug-likeness (QED) is 0.592. The second kappa shape index (κ2) is 10.5. The molecule has 1 aliphatic rings. The van der Waals surface area contributed by atoms with Gasteiger partial charge in [-0.2, -0.15) is 0 Å². The number of rotatable bonds is 9. The number of nitrogens with zero attached hydrogens (tertiary/aromatic N) is 5. The molecule has 0 aromatic carbocycles.